The number of ether oxygens (including phenoxy) is 1. The number of allylic oxidation sites excluding steroid dienone is 1. The van der Waals surface area contributed by atoms with Gasteiger partial charge in [0.15, 0.2) is 0 Å². The summed E-state index contributed by atoms with van der Waals surface area (Å²) >= 11 is 0. The van der Waals surface area contributed by atoms with Gasteiger partial charge >= 0.3 is 6.09 Å². The number of amides is 1. The average molecular weight is 657 g/mol. The standard InChI is InChI=1S/C41H76N4O2/c1-7-33(42)21-26-44-25-11-12-27-45(28-22-34(43)8-2)39(46)47-35-19-23-41(6)32(29-35)15-17-36-37-18-16-31(14-10-9-13-30(3)4)40(37,5)24-20-38(36)41/h15,30-31,33-38,44H,7-14,16-29,42-43H2,1-6H3. The molecule has 6 nitrogen and oxygen atoms in total. The second kappa shape index (κ2) is 18.2. The molecule has 0 aromatic heterocycles. The van der Waals surface area contributed by atoms with Gasteiger partial charge < -0.3 is 26.4 Å². The molecule has 0 aromatic carbocycles. The van der Waals surface area contributed by atoms with Crippen molar-refractivity contribution < 1.29 is 9.53 Å². The predicted octanol–water partition coefficient (Wildman–Crippen LogP) is 9.21. The molecule has 5 N–H and O–H groups in total. The molecular weight excluding hydrogens is 580 g/mol. The van der Waals surface area contributed by atoms with Crippen LogP contribution in [-0.4, -0.2) is 55.4 Å². The average Bonchev–Trinajstić information content (AvgIpc) is 3.39. The van der Waals surface area contributed by atoms with E-state index in [-0.39, 0.29) is 29.7 Å². The first-order chi connectivity index (χ1) is 22.5. The lowest BCUT2D eigenvalue weighted by molar-refractivity contribution is -0.0534. The van der Waals surface area contributed by atoms with E-state index < -0.39 is 0 Å². The Morgan fingerprint density at radius 3 is 2.43 bits per heavy atom. The van der Waals surface area contributed by atoms with Crippen molar-refractivity contribution in [2.45, 2.75) is 175 Å². The van der Waals surface area contributed by atoms with E-state index in [1.165, 1.54) is 57.8 Å². The van der Waals surface area contributed by atoms with Gasteiger partial charge in [0.1, 0.15) is 6.10 Å². The lowest BCUT2D eigenvalue weighted by Crippen LogP contribution is -2.50. The number of rotatable bonds is 19. The fraction of sp³-hybridized carbons (Fsp3) is 0.927. The Hall–Kier alpha value is -1.11. The third kappa shape index (κ3) is 10.00. The van der Waals surface area contributed by atoms with Crippen molar-refractivity contribution in [2.75, 3.05) is 26.2 Å². The lowest BCUT2D eigenvalue weighted by Gasteiger charge is -2.58. The first-order valence-electron chi connectivity index (χ1n) is 20.4. The minimum absolute atomic E-state index is 0.000668. The molecule has 3 saturated carbocycles. The molecule has 4 aliphatic carbocycles. The Balaban J connectivity index is 1.29. The highest BCUT2D eigenvalue weighted by atomic mass is 16.6. The largest absolute Gasteiger partial charge is 0.446 e. The van der Waals surface area contributed by atoms with Crippen molar-refractivity contribution >= 4 is 6.09 Å². The predicted molar refractivity (Wildman–Crippen MR) is 198 cm³/mol. The Bertz CT molecular complexity index is 984. The molecule has 0 radical (unpaired) electrons. The molecule has 0 bridgehead atoms. The third-order valence-electron chi connectivity index (χ3n) is 13.9. The zero-order chi connectivity index (χ0) is 34.0. The summed E-state index contributed by atoms with van der Waals surface area (Å²) in [5.74, 6) is 4.31. The molecule has 1 amide bonds. The number of hydrogen-bond acceptors (Lipinski definition) is 5. The van der Waals surface area contributed by atoms with E-state index in [1.54, 1.807) is 5.57 Å². The van der Waals surface area contributed by atoms with E-state index >= 15 is 0 Å². The summed E-state index contributed by atoms with van der Waals surface area (Å²) in [6.45, 7) is 17.6. The van der Waals surface area contributed by atoms with Crippen LogP contribution in [-0.2, 0) is 4.74 Å². The van der Waals surface area contributed by atoms with Crippen LogP contribution in [0.5, 0.6) is 0 Å². The highest BCUT2D eigenvalue weighted by Crippen LogP contribution is 2.66. The van der Waals surface area contributed by atoms with Crippen molar-refractivity contribution in [3.8, 4) is 0 Å². The maximum absolute atomic E-state index is 13.6. The van der Waals surface area contributed by atoms with Gasteiger partial charge in [-0.15, -0.1) is 0 Å². The van der Waals surface area contributed by atoms with Crippen molar-refractivity contribution in [3.05, 3.63) is 11.6 Å². The van der Waals surface area contributed by atoms with Gasteiger partial charge in [-0.1, -0.05) is 72.5 Å². The van der Waals surface area contributed by atoms with Crippen LogP contribution in [0.25, 0.3) is 0 Å². The molecule has 0 saturated heterocycles. The summed E-state index contributed by atoms with van der Waals surface area (Å²) < 4.78 is 6.32. The van der Waals surface area contributed by atoms with Crippen LogP contribution in [0.3, 0.4) is 0 Å². The van der Waals surface area contributed by atoms with Crippen LogP contribution in [0.15, 0.2) is 11.6 Å². The molecule has 0 spiro atoms. The smallest absolute Gasteiger partial charge is 0.410 e. The van der Waals surface area contributed by atoms with E-state index in [9.17, 15) is 4.79 Å². The van der Waals surface area contributed by atoms with E-state index in [2.05, 4.69) is 52.9 Å². The number of carbonyl (C=O) groups excluding carboxylic acids is 1. The van der Waals surface area contributed by atoms with Crippen LogP contribution in [0.1, 0.15) is 157 Å². The monoisotopic (exact) mass is 657 g/mol. The van der Waals surface area contributed by atoms with Crippen molar-refractivity contribution in [1.29, 1.82) is 0 Å². The quantitative estimate of drug-likeness (QED) is 0.0952. The molecule has 0 aromatic rings. The van der Waals surface area contributed by atoms with Gasteiger partial charge in [-0.2, -0.15) is 0 Å². The fourth-order valence-corrected chi connectivity index (χ4v) is 10.5. The van der Waals surface area contributed by atoms with Crippen LogP contribution in [0.2, 0.25) is 0 Å². The number of carbonyl (C=O) groups is 1. The van der Waals surface area contributed by atoms with Gasteiger partial charge in [0.2, 0.25) is 0 Å². The fourth-order valence-electron chi connectivity index (χ4n) is 10.5. The molecule has 4 aliphatic rings. The van der Waals surface area contributed by atoms with E-state index in [0.29, 0.717) is 12.0 Å². The summed E-state index contributed by atoms with van der Waals surface area (Å²) in [4.78, 5) is 15.5. The van der Waals surface area contributed by atoms with E-state index in [1.807, 2.05) is 4.90 Å². The van der Waals surface area contributed by atoms with Gasteiger partial charge in [0, 0.05) is 31.6 Å². The Labute approximate surface area is 290 Å². The maximum Gasteiger partial charge on any atom is 0.410 e. The first kappa shape index (κ1) is 38.7. The normalized spacial score (nSPS) is 33.0. The van der Waals surface area contributed by atoms with E-state index in [0.717, 1.165) is 107 Å². The second-order valence-corrected chi connectivity index (χ2v) is 17.4. The number of fused-ring (bicyclic) bond motifs is 5. The summed E-state index contributed by atoms with van der Waals surface area (Å²) in [5, 5.41) is 3.52. The Morgan fingerprint density at radius 1 is 0.915 bits per heavy atom. The van der Waals surface area contributed by atoms with E-state index in [4.69, 9.17) is 16.2 Å². The first-order valence-corrected chi connectivity index (χ1v) is 20.4. The summed E-state index contributed by atoms with van der Waals surface area (Å²) in [6.07, 6.45) is 24.0. The Kier molecular flexibility index (Phi) is 15.0. The summed E-state index contributed by atoms with van der Waals surface area (Å²) in [5.41, 5.74) is 14.7. The minimum atomic E-state index is -0.128. The zero-order valence-electron chi connectivity index (χ0n) is 31.7. The number of unbranched alkanes of at least 4 members (excludes halogenated alkanes) is 2. The number of nitrogens with one attached hydrogen (secondary N) is 1. The lowest BCUT2D eigenvalue weighted by atomic mass is 9.47. The molecular formula is C41H76N4O2. The third-order valence-corrected chi connectivity index (χ3v) is 13.9. The molecule has 6 heteroatoms. The molecule has 0 heterocycles. The number of hydrogen-bond donors (Lipinski definition) is 3. The van der Waals surface area contributed by atoms with Gasteiger partial charge in [0.25, 0.3) is 0 Å². The maximum atomic E-state index is 13.6. The summed E-state index contributed by atoms with van der Waals surface area (Å²) in [7, 11) is 0. The number of nitrogens with zero attached hydrogens (tertiary/aromatic N) is 1. The molecule has 0 aliphatic heterocycles. The van der Waals surface area contributed by atoms with Crippen molar-refractivity contribution in [2.24, 2.45) is 51.9 Å². The highest BCUT2D eigenvalue weighted by molar-refractivity contribution is 5.67. The molecule has 9 atom stereocenters. The molecule has 3 fully saturated rings. The molecule has 272 valence electrons. The highest BCUT2D eigenvalue weighted by Gasteiger charge is 2.58. The minimum Gasteiger partial charge on any atom is -0.446 e. The SMILES string of the molecule is CCC(N)CCNCCCCN(CCC(N)CC)C(=O)OC1CCC2(C)C(=CCC3C2CCC2(C)C(CCCCC(C)C)CCC32)C1. The van der Waals surface area contributed by atoms with Gasteiger partial charge in [-0.25, -0.2) is 4.79 Å². The van der Waals surface area contributed by atoms with Crippen molar-refractivity contribution in [1.82, 2.24) is 10.2 Å². The number of nitrogens with two attached hydrogens (primary N) is 2. The molecule has 47 heavy (non-hydrogen) atoms. The van der Waals surface area contributed by atoms with Gasteiger partial charge in [-0.3, -0.25) is 0 Å². The molecule has 4 rings (SSSR count). The van der Waals surface area contributed by atoms with Crippen LogP contribution in [0, 0.1) is 40.4 Å². The Morgan fingerprint density at radius 2 is 1.68 bits per heavy atom. The van der Waals surface area contributed by atoms with Crippen LogP contribution < -0.4 is 16.8 Å². The second-order valence-electron chi connectivity index (χ2n) is 17.4. The topological polar surface area (TPSA) is 93.6 Å². The van der Waals surface area contributed by atoms with Crippen molar-refractivity contribution in [3.63, 3.8) is 0 Å². The van der Waals surface area contributed by atoms with Crippen LogP contribution >= 0.6 is 0 Å². The molecule has 9 unspecified atom stereocenters. The van der Waals surface area contributed by atoms with Gasteiger partial charge in [0.05, 0.1) is 0 Å². The van der Waals surface area contributed by atoms with Gasteiger partial charge in [-0.05, 0) is 143 Å². The zero-order valence-corrected chi connectivity index (χ0v) is 31.7. The summed E-state index contributed by atoms with van der Waals surface area (Å²) in [6, 6.07) is 0.412. The van der Waals surface area contributed by atoms with Crippen LogP contribution in [0.4, 0.5) is 4.79 Å².